The Morgan fingerprint density at radius 1 is 0.367 bits per heavy atom. The van der Waals surface area contributed by atoms with Crippen LogP contribution in [0.15, 0.2) is 0 Å². The van der Waals surface area contributed by atoms with Gasteiger partial charge in [-0.2, -0.15) is 7.82 Å². The first kappa shape index (κ1) is 63.2. The van der Waals surface area contributed by atoms with Gasteiger partial charge in [-0.05, 0) is 37.5 Å². The predicted molar refractivity (Wildman–Crippen MR) is 196 cm³/mol. The molecule has 0 spiro atoms. The van der Waals surface area contributed by atoms with Crippen molar-refractivity contribution >= 4 is 7.82 Å². The zero-order valence-electron chi connectivity index (χ0n) is 34.7. The maximum Gasteiger partial charge on any atom is 1.00 e. The van der Waals surface area contributed by atoms with Gasteiger partial charge >= 0.3 is 154 Å². The molecule has 0 saturated heterocycles. The van der Waals surface area contributed by atoms with Crippen LogP contribution in [0.5, 0.6) is 0 Å². The first-order valence-corrected chi connectivity index (χ1v) is 22.0. The molecule has 2 atom stereocenters. The molecule has 0 N–H and O–H groups in total. The van der Waals surface area contributed by atoms with Crippen LogP contribution in [0.25, 0.3) is 0 Å². The minimum atomic E-state index is -5.39. The van der Waals surface area contributed by atoms with Crippen molar-refractivity contribution in [2.45, 2.75) is 233 Å². The first-order valence-electron chi connectivity index (χ1n) is 20.6. The minimum absolute atomic E-state index is 0. The van der Waals surface area contributed by atoms with Crippen LogP contribution < -0.4 is 169 Å². The molecule has 0 radical (unpaired) electrons. The van der Waals surface area contributed by atoms with Crippen LogP contribution in [0.2, 0.25) is 0 Å². The Balaban J connectivity index is -0.000000747. The molecule has 0 rings (SSSR count). The molecule has 0 bridgehead atoms. The molecule has 0 aromatic carbocycles. The molecule has 49 heavy (non-hydrogen) atoms. The van der Waals surface area contributed by atoms with E-state index < -0.39 is 7.82 Å². The van der Waals surface area contributed by atoms with Crippen molar-refractivity contribution < 1.29 is 178 Å². The molecule has 9 heteroatoms. The van der Waals surface area contributed by atoms with Crippen molar-refractivity contribution in [2.24, 2.45) is 11.8 Å². The van der Waals surface area contributed by atoms with Gasteiger partial charge in [-0.25, -0.2) is 0 Å². The molecule has 0 aliphatic heterocycles. The van der Waals surface area contributed by atoms with Gasteiger partial charge < -0.3 is 24.0 Å². The molecule has 280 valence electrons. The van der Waals surface area contributed by atoms with E-state index in [1.54, 1.807) is 0 Å². The van der Waals surface area contributed by atoms with E-state index in [2.05, 4.69) is 27.7 Å². The molecule has 0 heterocycles. The smallest absolute Gasteiger partial charge is 0.822 e. The van der Waals surface area contributed by atoms with Gasteiger partial charge in [0.1, 0.15) is 0 Å². The number of hydrogen-bond donors (Lipinski definition) is 0. The number of unbranched alkanes of at least 4 members (excludes halogenated alkanes) is 24. The molecule has 0 saturated carbocycles. The van der Waals surface area contributed by atoms with E-state index in [4.69, 9.17) is 24.0 Å². The molecule has 0 aromatic heterocycles. The van der Waals surface area contributed by atoms with Crippen LogP contribution in [-0.4, -0.2) is 13.2 Å². The summed E-state index contributed by atoms with van der Waals surface area (Å²) in [7, 11) is -5.39. The summed E-state index contributed by atoms with van der Waals surface area (Å²) in [6, 6.07) is 0. The van der Waals surface area contributed by atoms with Crippen molar-refractivity contribution in [3.05, 3.63) is 0 Å². The van der Waals surface area contributed by atoms with Crippen molar-refractivity contribution in [1.29, 1.82) is 0 Å². The molecular weight excluding hydrogens is 709 g/mol. The summed E-state index contributed by atoms with van der Waals surface area (Å²) >= 11 is 0. The fourth-order valence-electron chi connectivity index (χ4n) is 6.58. The van der Waals surface area contributed by atoms with E-state index in [-0.39, 0.29) is 154 Å². The van der Waals surface area contributed by atoms with Crippen LogP contribution >= 0.6 is 7.82 Å². The van der Waals surface area contributed by atoms with Gasteiger partial charge in [-0.3, -0.25) is 0 Å². The van der Waals surface area contributed by atoms with E-state index in [1.807, 2.05) is 0 Å². The van der Waals surface area contributed by atoms with E-state index >= 15 is 0 Å². The summed E-state index contributed by atoms with van der Waals surface area (Å²) in [6.45, 7) is 11.4. The standard InChI is InChI=1S/C40H82O.3K.H3O4P/c1-5-9-13-17-21-23-27-31-35-39(33-29-25-19-15-11-7-3)37-41-38-40(34-30-26-20-16-12-8-4)36-32-28-24-22-18-14-10-6-2;;;;1-5(2,3)4/h39-40H,5-38H2,1-4H3;;;;(H3,1,2,3,4)/q;3*+1;/p-3. The summed E-state index contributed by atoms with van der Waals surface area (Å²) in [5.74, 6) is 1.61. The molecule has 2 unspecified atom stereocenters. The van der Waals surface area contributed by atoms with Gasteiger partial charge in [-0.15, -0.1) is 0 Å². The number of phosphoric acid groups is 1. The Labute approximate surface area is 436 Å². The SMILES string of the molecule is CCCCCCCCCCC(CCCCCCCC)COCC(CCCCCCCC)CCCCCCCCCC.O=P([O-])([O-])[O-].[K+].[K+].[K+]. The molecular formula is C40H82K3O5P. The third-order valence-electron chi connectivity index (χ3n) is 9.57. The maximum atomic E-state index is 8.55. The van der Waals surface area contributed by atoms with E-state index in [0.717, 1.165) is 25.0 Å². The summed E-state index contributed by atoms with van der Waals surface area (Å²) in [5, 5.41) is 0. The first-order chi connectivity index (χ1) is 22.3. The fourth-order valence-corrected chi connectivity index (χ4v) is 6.58. The van der Waals surface area contributed by atoms with E-state index in [1.165, 1.54) is 205 Å². The van der Waals surface area contributed by atoms with Gasteiger partial charge in [0.15, 0.2) is 0 Å². The second-order valence-corrected chi connectivity index (χ2v) is 15.3. The van der Waals surface area contributed by atoms with Gasteiger partial charge in [-0.1, -0.05) is 207 Å². The average molecular weight is 791 g/mol. The fraction of sp³-hybridized carbons (Fsp3) is 1.00. The largest absolute Gasteiger partial charge is 1.00 e. The van der Waals surface area contributed by atoms with E-state index in [9.17, 15) is 0 Å². The number of ether oxygens (including phenoxy) is 1. The molecule has 0 aromatic rings. The number of rotatable bonds is 36. The molecule has 0 aliphatic rings. The van der Waals surface area contributed by atoms with Crippen molar-refractivity contribution in [3.8, 4) is 0 Å². The Bertz CT molecular complexity index is 564. The molecule has 0 aliphatic carbocycles. The summed E-state index contributed by atoms with van der Waals surface area (Å²) in [4.78, 5) is 25.6. The monoisotopic (exact) mass is 790 g/mol. The molecule has 0 fully saturated rings. The second-order valence-electron chi connectivity index (χ2n) is 14.4. The average Bonchev–Trinajstić information content (AvgIpc) is 3.01. The minimum Gasteiger partial charge on any atom is -0.822 e. The Hall–Kier alpha value is 4.98. The topological polar surface area (TPSA) is 95.5 Å². The third-order valence-corrected chi connectivity index (χ3v) is 9.57. The Morgan fingerprint density at radius 2 is 0.531 bits per heavy atom. The van der Waals surface area contributed by atoms with E-state index in [0.29, 0.717) is 0 Å². The van der Waals surface area contributed by atoms with Crippen LogP contribution in [0.3, 0.4) is 0 Å². The molecule has 5 nitrogen and oxygen atoms in total. The zero-order chi connectivity index (χ0) is 34.4. The van der Waals surface area contributed by atoms with Gasteiger partial charge in [0.2, 0.25) is 0 Å². The molecule has 0 amide bonds. The zero-order valence-corrected chi connectivity index (χ0v) is 44.9. The quantitative estimate of drug-likeness (QED) is 0.0553. The van der Waals surface area contributed by atoms with Crippen LogP contribution in [0.1, 0.15) is 233 Å². The number of hydrogen-bond acceptors (Lipinski definition) is 5. The van der Waals surface area contributed by atoms with Crippen molar-refractivity contribution in [3.63, 3.8) is 0 Å². The Morgan fingerprint density at radius 3 is 0.714 bits per heavy atom. The normalized spacial score (nSPS) is 12.2. The van der Waals surface area contributed by atoms with Crippen LogP contribution in [-0.2, 0) is 9.30 Å². The second kappa shape index (κ2) is 53.0. The van der Waals surface area contributed by atoms with Crippen LogP contribution in [0, 0.1) is 11.8 Å². The summed E-state index contributed by atoms with van der Waals surface area (Å²) in [5.41, 5.74) is 0. The summed E-state index contributed by atoms with van der Waals surface area (Å²) in [6.07, 6.45) is 45.6. The van der Waals surface area contributed by atoms with Gasteiger partial charge in [0.05, 0.1) is 0 Å². The van der Waals surface area contributed by atoms with Crippen LogP contribution in [0.4, 0.5) is 0 Å². The summed E-state index contributed by atoms with van der Waals surface area (Å²) < 4.78 is 15.1. The Kier molecular flexibility index (Phi) is 68.3. The van der Waals surface area contributed by atoms with Gasteiger partial charge in [0, 0.05) is 13.2 Å². The predicted octanol–water partition coefficient (Wildman–Crippen LogP) is 2.99. The maximum absolute atomic E-state index is 8.55. The van der Waals surface area contributed by atoms with Crippen molar-refractivity contribution in [2.75, 3.05) is 13.2 Å². The van der Waals surface area contributed by atoms with Gasteiger partial charge in [0.25, 0.3) is 0 Å². The third kappa shape index (κ3) is 62.4. The van der Waals surface area contributed by atoms with Crippen molar-refractivity contribution in [1.82, 2.24) is 0 Å².